The smallest absolute Gasteiger partial charge is 0.120 e. The van der Waals surface area contributed by atoms with Crippen molar-refractivity contribution in [3.05, 3.63) is 30.5 Å². The topological polar surface area (TPSA) is 29.4 Å². The molecule has 1 N–H and O–H groups in total. The number of benzene rings is 1. The van der Waals surface area contributed by atoms with E-state index in [1.807, 2.05) is 13.0 Å². The van der Waals surface area contributed by atoms with E-state index in [1.54, 1.807) is 0 Å². The first-order chi connectivity index (χ1) is 10.2. The number of nitrogens with zero attached hydrogens (tertiary/aromatic N) is 2. The molecule has 0 spiro atoms. The molecule has 116 valence electrons. The van der Waals surface area contributed by atoms with E-state index >= 15 is 0 Å². The molecule has 0 fully saturated rings. The Morgan fingerprint density at radius 1 is 1.19 bits per heavy atom. The van der Waals surface area contributed by atoms with Crippen molar-refractivity contribution >= 4 is 10.9 Å². The highest BCUT2D eigenvalue weighted by Gasteiger charge is 2.02. The minimum atomic E-state index is 0.711. The Hall–Kier alpha value is -1.52. The molecule has 4 nitrogen and oxygen atoms in total. The third-order valence-corrected chi connectivity index (χ3v) is 3.54. The van der Waals surface area contributed by atoms with Gasteiger partial charge in [-0.25, -0.2) is 0 Å². The number of ether oxygens (including phenoxy) is 1. The fraction of sp³-hybridized carbons (Fsp3) is 0.529. The maximum absolute atomic E-state index is 5.54. The summed E-state index contributed by atoms with van der Waals surface area (Å²) in [5.74, 6) is 0.949. The number of nitrogens with one attached hydrogen (secondary N) is 1. The van der Waals surface area contributed by atoms with Crippen molar-refractivity contribution in [2.75, 3.05) is 40.3 Å². The molecule has 0 saturated carbocycles. The van der Waals surface area contributed by atoms with Gasteiger partial charge in [-0.05, 0) is 64.8 Å². The van der Waals surface area contributed by atoms with Crippen molar-refractivity contribution in [2.24, 2.45) is 0 Å². The molecular weight excluding hydrogens is 262 g/mol. The van der Waals surface area contributed by atoms with Gasteiger partial charge in [0, 0.05) is 30.2 Å². The van der Waals surface area contributed by atoms with Gasteiger partial charge in [0.05, 0.1) is 6.61 Å². The second-order valence-electron chi connectivity index (χ2n) is 5.57. The molecule has 0 amide bonds. The largest absolute Gasteiger partial charge is 0.494 e. The molecule has 0 unspecified atom stereocenters. The van der Waals surface area contributed by atoms with E-state index in [1.165, 1.54) is 17.3 Å². The minimum absolute atomic E-state index is 0.711. The molecule has 0 bridgehead atoms. The van der Waals surface area contributed by atoms with Gasteiger partial charge in [0.1, 0.15) is 5.75 Å². The molecular formula is C17H27N3O. The lowest BCUT2D eigenvalue weighted by molar-refractivity contribution is 0.340. The maximum atomic E-state index is 5.54. The second-order valence-corrected chi connectivity index (χ2v) is 5.57. The third-order valence-electron chi connectivity index (χ3n) is 3.54. The number of fused-ring (bicyclic) bond motifs is 1. The summed E-state index contributed by atoms with van der Waals surface area (Å²) in [5, 5.41) is 4.75. The Labute approximate surface area is 127 Å². The van der Waals surface area contributed by atoms with Crippen LogP contribution in [0.15, 0.2) is 30.5 Å². The van der Waals surface area contributed by atoms with E-state index in [0.29, 0.717) is 6.61 Å². The highest BCUT2D eigenvalue weighted by atomic mass is 16.5. The first kappa shape index (κ1) is 15.9. The fourth-order valence-electron chi connectivity index (χ4n) is 2.47. The van der Waals surface area contributed by atoms with Gasteiger partial charge in [-0.15, -0.1) is 0 Å². The first-order valence-corrected chi connectivity index (χ1v) is 7.78. The van der Waals surface area contributed by atoms with Gasteiger partial charge < -0.3 is 19.5 Å². The van der Waals surface area contributed by atoms with Crippen LogP contribution in [-0.4, -0.2) is 49.8 Å². The molecule has 2 aromatic rings. The lowest BCUT2D eigenvalue weighted by Gasteiger charge is -2.10. The van der Waals surface area contributed by atoms with Crippen LogP contribution in [0.4, 0.5) is 0 Å². The summed E-state index contributed by atoms with van der Waals surface area (Å²) in [4.78, 5) is 2.22. The van der Waals surface area contributed by atoms with Gasteiger partial charge in [0.25, 0.3) is 0 Å². The summed E-state index contributed by atoms with van der Waals surface area (Å²) < 4.78 is 7.84. The van der Waals surface area contributed by atoms with Crippen LogP contribution in [-0.2, 0) is 6.54 Å². The van der Waals surface area contributed by atoms with Crippen molar-refractivity contribution in [1.29, 1.82) is 0 Å². The fourth-order valence-corrected chi connectivity index (χ4v) is 2.47. The van der Waals surface area contributed by atoms with Gasteiger partial charge >= 0.3 is 0 Å². The predicted octanol–water partition coefficient (Wildman–Crippen LogP) is 2.58. The Bertz CT molecular complexity index is 548. The average Bonchev–Trinajstić information content (AvgIpc) is 2.85. The quantitative estimate of drug-likeness (QED) is 0.720. The van der Waals surface area contributed by atoms with Gasteiger partial charge in [-0.1, -0.05) is 0 Å². The zero-order valence-electron chi connectivity index (χ0n) is 13.4. The highest BCUT2D eigenvalue weighted by molar-refractivity contribution is 5.81. The standard InChI is InChI=1S/C17H27N3O/c1-4-21-16-6-7-17-15(14-16)8-12-20(17)13-10-18-9-5-11-19(2)3/h6-8,12,14,18H,4-5,9-11,13H2,1-3H3. The molecule has 0 atom stereocenters. The summed E-state index contributed by atoms with van der Waals surface area (Å²) in [6, 6.07) is 8.46. The van der Waals surface area contributed by atoms with Crippen LogP contribution in [0.2, 0.25) is 0 Å². The number of hydrogen-bond acceptors (Lipinski definition) is 3. The first-order valence-electron chi connectivity index (χ1n) is 7.78. The van der Waals surface area contributed by atoms with Crippen LogP contribution < -0.4 is 10.1 Å². The van der Waals surface area contributed by atoms with Crippen LogP contribution in [0.1, 0.15) is 13.3 Å². The van der Waals surface area contributed by atoms with Crippen LogP contribution in [0.3, 0.4) is 0 Å². The monoisotopic (exact) mass is 289 g/mol. The van der Waals surface area contributed by atoms with E-state index in [2.05, 4.69) is 53.3 Å². The summed E-state index contributed by atoms with van der Waals surface area (Å²) in [5.41, 5.74) is 1.27. The van der Waals surface area contributed by atoms with E-state index in [4.69, 9.17) is 4.74 Å². The molecule has 1 aromatic heterocycles. The van der Waals surface area contributed by atoms with Gasteiger partial charge in [-0.3, -0.25) is 0 Å². The third kappa shape index (κ3) is 4.76. The van der Waals surface area contributed by atoms with E-state index in [9.17, 15) is 0 Å². The minimum Gasteiger partial charge on any atom is -0.494 e. The Kier molecular flexibility index (Phi) is 6.08. The zero-order chi connectivity index (χ0) is 15.1. The Morgan fingerprint density at radius 2 is 2.05 bits per heavy atom. The molecule has 0 aliphatic carbocycles. The molecule has 0 aliphatic heterocycles. The Balaban J connectivity index is 1.82. The molecule has 21 heavy (non-hydrogen) atoms. The molecule has 2 rings (SSSR count). The normalized spacial score (nSPS) is 11.4. The van der Waals surface area contributed by atoms with Crippen LogP contribution in [0.25, 0.3) is 10.9 Å². The van der Waals surface area contributed by atoms with Crippen LogP contribution in [0, 0.1) is 0 Å². The number of hydrogen-bond donors (Lipinski definition) is 1. The van der Waals surface area contributed by atoms with E-state index < -0.39 is 0 Å². The van der Waals surface area contributed by atoms with Gasteiger partial charge in [0.2, 0.25) is 0 Å². The summed E-state index contributed by atoms with van der Waals surface area (Å²) >= 11 is 0. The number of rotatable bonds is 9. The zero-order valence-corrected chi connectivity index (χ0v) is 13.4. The molecule has 1 aromatic carbocycles. The van der Waals surface area contributed by atoms with Crippen molar-refractivity contribution < 1.29 is 4.74 Å². The maximum Gasteiger partial charge on any atom is 0.120 e. The van der Waals surface area contributed by atoms with Crippen LogP contribution in [0.5, 0.6) is 5.75 Å². The molecule has 0 aliphatic rings. The van der Waals surface area contributed by atoms with Crippen molar-refractivity contribution in [2.45, 2.75) is 19.9 Å². The van der Waals surface area contributed by atoms with Crippen LogP contribution >= 0.6 is 0 Å². The molecule has 4 heteroatoms. The molecule has 0 radical (unpaired) electrons. The molecule has 1 heterocycles. The van der Waals surface area contributed by atoms with E-state index in [-0.39, 0.29) is 0 Å². The average molecular weight is 289 g/mol. The Morgan fingerprint density at radius 3 is 2.81 bits per heavy atom. The predicted molar refractivity (Wildman–Crippen MR) is 89.1 cm³/mol. The highest BCUT2D eigenvalue weighted by Crippen LogP contribution is 2.21. The SMILES string of the molecule is CCOc1ccc2c(ccn2CCNCCCN(C)C)c1. The van der Waals surface area contributed by atoms with Gasteiger partial charge in [-0.2, -0.15) is 0 Å². The van der Waals surface area contributed by atoms with Crippen molar-refractivity contribution in [1.82, 2.24) is 14.8 Å². The van der Waals surface area contributed by atoms with Crippen molar-refractivity contribution in [3.8, 4) is 5.75 Å². The second kappa shape index (κ2) is 8.05. The number of aromatic nitrogens is 1. The molecule has 0 saturated heterocycles. The lowest BCUT2D eigenvalue weighted by atomic mass is 10.2. The summed E-state index contributed by atoms with van der Waals surface area (Å²) in [6.07, 6.45) is 3.35. The summed E-state index contributed by atoms with van der Waals surface area (Å²) in [7, 11) is 4.23. The van der Waals surface area contributed by atoms with Crippen molar-refractivity contribution in [3.63, 3.8) is 0 Å². The van der Waals surface area contributed by atoms with Gasteiger partial charge in [0.15, 0.2) is 0 Å². The summed E-state index contributed by atoms with van der Waals surface area (Å²) in [6.45, 7) is 6.94. The lowest BCUT2D eigenvalue weighted by Crippen LogP contribution is -2.24. The van der Waals surface area contributed by atoms with E-state index in [0.717, 1.165) is 31.9 Å².